The Balaban J connectivity index is 2.29. The van der Waals surface area contributed by atoms with Crippen LogP contribution >= 0.6 is 15.9 Å². The zero-order chi connectivity index (χ0) is 12.5. The summed E-state index contributed by atoms with van der Waals surface area (Å²) >= 11 is 3.46. The molecule has 3 aromatic rings. The van der Waals surface area contributed by atoms with Crippen LogP contribution in [0.25, 0.3) is 17.0 Å². The lowest BCUT2D eigenvalue weighted by Crippen LogP contribution is -1.92. The summed E-state index contributed by atoms with van der Waals surface area (Å²) in [4.78, 5) is 8.82. The molecular formula is C13H10BrN3O. The third-order valence-electron chi connectivity index (χ3n) is 2.69. The van der Waals surface area contributed by atoms with E-state index in [0.717, 1.165) is 27.4 Å². The van der Waals surface area contributed by atoms with Crippen molar-refractivity contribution in [2.75, 3.05) is 7.11 Å². The lowest BCUT2D eigenvalue weighted by molar-refractivity contribution is 0.412. The molecule has 0 fully saturated rings. The van der Waals surface area contributed by atoms with E-state index in [9.17, 15) is 0 Å². The first kappa shape index (κ1) is 11.2. The predicted molar refractivity (Wildman–Crippen MR) is 72.7 cm³/mol. The van der Waals surface area contributed by atoms with Crippen molar-refractivity contribution in [2.24, 2.45) is 0 Å². The molecule has 90 valence electrons. The van der Waals surface area contributed by atoms with Gasteiger partial charge in [0.15, 0.2) is 5.82 Å². The lowest BCUT2D eigenvalue weighted by Gasteiger charge is -2.03. The third-order valence-corrected chi connectivity index (χ3v) is 3.28. The van der Waals surface area contributed by atoms with E-state index in [2.05, 4.69) is 25.9 Å². The Bertz CT molecular complexity index is 694. The summed E-state index contributed by atoms with van der Waals surface area (Å²) in [5.74, 6) is 1.57. The molecule has 0 aliphatic heterocycles. The Kier molecular flexibility index (Phi) is 2.76. The van der Waals surface area contributed by atoms with E-state index >= 15 is 0 Å². The monoisotopic (exact) mass is 303 g/mol. The average molecular weight is 304 g/mol. The van der Waals surface area contributed by atoms with E-state index in [0.29, 0.717) is 0 Å². The highest BCUT2D eigenvalue weighted by atomic mass is 79.9. The summed E-state index contributed by atoms with van der Waals surface area (Å²) < 4.78 is 8.00. The zero-order valence-electron chi connectivity index (χ0n) is 9.67. The van der Waals surface area contributed by atoms with Crippen molar-refractivity contribution in [1.29, 1.82) is 0 Å². The Labute approximate surface area is 112 Å². The molecule has 5 heteroatoms. The van der Waals surface area contributed by atoms with Gasteiger partial charge < -0.3 is 4.74 Å². The van der Waals surface area contributed by atoms with Gasteiger partial charge in [-0.05, 0) is 40.2 Å². The minimum atomic E-state index is 0.782. The van der Waals surface area contributed by atoms with Crippen molar-refractivity contribution in [3.05, 3.63) is 47.3 Å². The lowest BCUT2D eigenvalue weighted by atomic mass is 10.3. The second-order valence-corrected chi connectivity index (χ2v) is 4.52. The summed E-state index contributed by atoms with van der Waals surface area (Å²) in [6.45, 7) is 0. The minimum absolute atomic E-state index is 0.782. The number of nitrogens with zero attached hydrogens (tertiary/aromatic N) is 3. The SMILES string of the molecule is COc1ccc2c(Br)nc(-c3ccccn3)n2c1. The van der Waals surface area contributed by atoms with Gasteiger partial charge >= 0.3 is 0 Å². The molecule has 0 aliphatic rings. The summed E-state index contributed by atoms with van der Waals surface area (Å²) in [5.41, 5.74) is 1.81. The van der Waals surface area contributed by atoms with Gasteiger partial charge in [0.2, 0.25) is 0 Å². The standard InChI is InChI=1S/C13H10BrN3O/c1-18-9-5-6-11-12(14)16-13(17(11)8-9)10-4-2-3-7-15-10/h2-8H,1H3. The number of halogens is 1. The van der Waals surface area contributed by atoms with E-state index < -0.39 is 0 Å². The molecule has 0 N–H and O–H groups in total. The van der Waals surface area contributed by atoms with E-state index in [4.69, 9.17) is 4.74 Å². The van der Waals surface area contributed by atoms with Crippen LogP contribution in [-0.4, -0.2) is 21.5 Å². The van der Waals surface area contributed by atoms with Crippen LogP contribution in [-0.2, 0) is 0 Å². The predicted octanol–water partition coefficient (Wildman–Crippen LogP) is 3.17. The van der Waals surface area contributed by atoms with Gasteiger partial charge in [-0.25, -0.2) is 4.98 Å². The number of imidazole rings is 1. The van der Waals surface area contributed by atoms with Crippen LogP contribution in [0.4, 0.5) is 0 Å². The molecular weight excluding hydrogens is 294 g/mol. The van der Waals surface area contributed by atoms with Crippen LogP contribution in [0.1, 0.15) is 0 Å². The van der Waals surface area contributed by atoms with Gasteiger partial charge in [0.05, 0.1) is 18.8 Å². The maximum Gasteiger partial charge on any atom is 0.164 e. The molecule has 0 aliphatic carbocycles. The summed E-state index contributed by atoms with van der Waals surface area (Å²) in [7, 11) is 1.65. The fourth-order valence-corrected chi connectivity index (χ4v) is 2.32. The fraction of sp³-hybridized carbons (Fsp3) is 0.0769. The van der Waals surface area contributed by atoms with Crippen LogP contribution in [0.5, 0.6) is 5.75 Å². The topological polar surface area (TPSA) is 39.4 Å². The molecule has 3 rings (SSSR count). The molecule has 0 unspecified atom stereocenters. The highest BCUT2D eigenvalue weighted by Crippen LogP contribution is 2.26. The van der Waals surface area contributed by atoms with E-state index in [1.54, 1.807) is 13.3 Å². The smallest absolute Gasteiger partial charge is 0.164 e. The number of fused-ring (bicyclic) bond motifs is 1. The maximum atomic E-state index is 5.24. The van der Waals surface area contributed by atoms with Gasteiger partial charge in [0, 0.05) is 6.20 Å². The van der Waals surface area contributed by atoms with Gasteiger partial charge in [-0.3, -0.25) is 9.38 Å². The largest absolute Gasteiger partial charge is 0.495 e. The second kappa shape index (κ2) is 4.42. The zero-order valence-corrected chi connectivity index (χ0v) is 11.3. The molecule has 3 aromatic heterocycles. The van der Waals surface area contributed by atoms with Gasteiger partial charge in [0.1, 0.15) is 16.0 Å². The first-order valence-corrected chi connectivity index (χ1v) is 6.22. The van der Waals surface area contributed by atoms with Gasteiger partial charge in [-0.2, -0.15) is 0 Å². The molecule has 18 heavy (non-hydrogen) atoms. The van der Waals surface area contributed by atoms with Crippen molar-refractivity contribution in [2.45, 2.75) is 0 Å². The molecule has 3 heterocycles. The molecule has 0 bridgehead atoms. The molecule has 4 nitrogen and oxygen atoms in total. The average Bonchev–Trinajstić information content (AvgIpc) is 2.76. The number of aromatic nitrogens is 3. The van der Waals surface area contributed by atoms with E-state index in [-0.39, 0.29) is 0 Å². The second-order valence-electron chi connectivity index (χ2n) is 3.77. The Morgan fingerprint density at radius 2 is 2.11 bits per heavy atom. The quantitative estimate of drug-likeness (QED) is 0.730. The van der Waals surface area contributed by atoms with Crippen LogP contribution < -0.4 is 4.74 Å². The summed E-state index contributed by atoms with van der Waals surface area (Å²) in [6, 6.07) is 9.62. The van der Waals surface area contributed by atoms with E-state index in [1.165, 1.54) is 0 Å². The van der Waals surface area contributed by atoms with Crippen molar-refractivity contribution >= 4 is 21.4 Å². The first-order valence-electron chi connectivity index (χ1n) is 5.42. The van der Waals surface area contributed by atoms with E-state index in [1.807, 2.05) is 40.9 Å². The fourth-order valence-electron chi connectivity index (χ4n) is 1.83. The third kappa shape index (κ3) is 1.76. The summed E-state index contributed by atoms with van der Waals surface area (Å²) in [5, 5.41) is 0. The van der Waals surface area contributed by atoms with Crippen LogP contribution in [0.2, 0.25) is 0 Å². The highest BCUT2D eigenvalue weighted by Gasteiger charge is 2.12. The molecule has 0 radical (unpaired) electrons. The number of pyridine rings is 2. The van der Waals surface area contributed by atoms with Crippen LogP contribution in [0, 0.1) is 0 Å². The number of methoxy groups -OCH3 is 1. The first-order chi connectivity index (χ1) is 8.79. The molecule has 0 saturated heterocycles. The molecule has 0 spiro atoms. The summed E-state index contributed by atoms with van der Waals surface area (Å²) in [6.07, 6.45) is 3.65. The number of hydrogen-bond acceptors (Lipinski definition) is 3. The highest BCUT2D eigenvalue weighted by molar-refractivity contribution is 9.10. The molecule has 0 saturated carbocycles. The van der Waals surface area contributed by atoms with Gasteiger partial charge in [-0.15, -0.1) is 0 Å². The maximum absolute atomic E-state index is 5.24. The number of ether oxygens (including phenoxy) is 1. The van der Waals surface area contributed by atoms with Gasteiger partial charge in [-0.1, -0.05) is 6.07 Å². The Morgan fingerprint density at radius 3 is 2.83 bits per heavy atom. The molecule has 0 aromatic carbocycles. The van der Waals surface area contributed by atoms with Crippen molar-refractivity contribution in [1.82, 2.24) is 14.4 Å². The molecule has 0 amide bonds. The van der Waals surface area contributed by atoms with Gasteiger partial charge in [0.25, 0.3) is 0 Å². The molecule has 0 atom stereocenters. The number of hydrogen-bond donors (Lipinski definition) is 0. The minimum Gasteiger partial charge on any atom is -0.495 e. The van der Waals surface area contributed by atoms with Crippen LogP contribution in [0.15, 0.2) is 47.3 Å². The number of rotatable bonds is 2. The normalized spacial score (nSPS) is 10.8. The van der Waals surface area contributed by atoms with Crippen molar-refractivity contribution < 1.29 is 4.74 Å². The van der Waals surface area contributed by atoms with Crippen molar-refractivity contribution in [3.8, 4) is 17.3 Å². The Morgan fingerprint density at radius 1 is 1.22 bits per heavy atom. The van der Waals surface area contributed by atoms with Crippen molar-refractivity contribution in [3.63, 3.8) is 0 Å². The Hall–Kier alpha value is -1.88. The van der Waals surface area contributed by atoms with Crippen LogP contribution in [0.3, 0.4) is 0 Å².